The minimum Gasteiger partial charge on any atom is -0.493 e. The lowest BCUT2D eigenvalue weighted by molar-refractivity contribution is -0.121. The normalized spacial score (nSPS) is 15.4. The number of carbonyl (C=O) groups excluding carboxylic acids is 1. The van der Waals surface area contributed by atoms with Crippen LogP contribution < -0.4 is 14.8 Å². The first-order valence-electron chi connectivity index (χ1n) is 9.40. The van der Waals surface area contributed by atoms with E-state index >= 15 is 0 Å². The zero-order valence-electron chi connectivity index (χ0n) is 16.3. The Kier molecular flexibility index (Phi) is 6.35. The molecule has 1 aliphatic rings. The largest absolute Gasteiger partial charge is 0.493 e. The topological polar surface area (TPSA) is 50.8 Å². The van der Waals surface area contributed by atoms with Crippen molar-refractivity contribution in [3.05, 3.63) is 53.6 Å². The van der Waals surface area contributed by atoms with E-state index in [2.05, 4.69) is 41.4 Å². The molecule has 1 heterocycles. The van der Waals surface area contributed by atoms with Crippen molar-refractivity contribution >= 4 is 11.6 Å². The highest BCUT2D eigenvalue weighted by molar-refractivity contribution is 5.93. The fourth-order valence-corrected chi connectivity index (χ4v) is 3.54. The molecule has 5 nitrogen and oxygen atoms in total. The van der Waals surface area contributed by atoms with Gasteiger partial charge in [0.25, 0.3) is 0 Å². The fourth-order valence-electron chi connectivity index (χ4n) is 3.54. The number of rotatable bonds is 6. The molecule has 0 unspecified atom stereocenters. The number of methoxy groups -OCH3 is 2. The smallest absolute Gasteiger partial charge is 0.227 e. The van der Waals surface area contributed by atoms with E-state index in [0.29, 0.717) is 11.5 Å². The molecule has 0 saturated carbocycles. The van der Waals surface area contributed by atoms with Gasteiger partial charge in [0.15, 0.2) is 11.5 Å². The number of hydrogen-bond acceptors (Lipinski definition) is 4. The molecular weight excluding hydrogens is 340 g/mol. The van der Waals surface area contributed by atoms with Crippen LogP contribution in [0.2, 0.25) is 0 Å². The molecule has 0 bridgehead atoms. The quantitative estimate of drug-likeness (QED) is 0.841. The maximum absolute atomic E-state index is 12.6. The Morgan fingerprint density at radius 3 is 2.44 bits per heavy atom. The summed E-state index contributed by atoms with van der Waals surface area (Å²) in [5, 5.41) is 3.02. The van der Waals surface area contributed by atoms with Crippen molar-refractivity contribution in [3.63, 3.8) is 0 Å². The summed E-state index contributed by atoms with van der Waals surface area (Å²) in [6, 6.07) is 13.9. The van der Waals surface area contributed by atoms with Gasteiger partial charge in [-0.05, 0) is 56.1 Å². The first-order chi connectivity index (χ1) is 13.1. The molecule has 2 aromatic carbocycles. The van der Waals surface area contributed by atoms with Crippen LogP contribution in [-0.4, -0.2) is 38.1 Å². The number of nitrogens with zero attached hydrogens (tertiary/aromatic N) is 1. The predicted octanol–water partition coefficient (Wildman–Crippen LogP) is 3.86. The van der Waals surface area contributed by atoms with Crippen molar-refractivity contribution in [3.8, 4) is 11.5 Å². The van der Waals surface area contributed by atoms with Crippen LogP contribution in [0.4, 0.5) is 5.69 Å². The second kappa shape index (κ2) is 8.91. The third kappa shape index (κ3) is 4.80. The highest BCUT2D eigenvalue weighted by Gasteiger charge is 2.25. The molecule has 144 valence electrons. The van der Waals surface area contributed by atoms with Crippen molar-refractivity contribution in [2.45, 2.75) is 26.3 Å². The molecule has 3 rings (SSSR count). The van der Waals surface area contributed by atoms with Gasteiger partial charge in [0.05, 0.1) is 14.2 Å². The first-order valence-corrected chi connectivity index (χ1v) is 9.40. The molecule has 1 amide bonds. The average Bonchev–Trinajstić information content (AvgIpc) is 2.70. The number of carbonyl (C=O) groups is 1. The van der Waals surface area contributed by atoms with Crippen LogP contribution in [0.1, 0.15) is 24.0 Å². The highest BCUT2D eigenvalue weighted by atomic mass is 16.5. The van der Waals surface area contributed by atoms with Crippen LogP contribution in [0, 0.1) is 12.8 Å². The maximum atomic E-state index is 12.6. The Bertz CT molecular complexity index is 783. The molecule has 0 aliphatic carbocycles. The summed E-state index contributed by atoms with van der Waals surface area (Å²) in [6.07, 6.45) is 1.76. The molecule has 27 heavy (non-hydrogen) atoms. The number of anilines is 1. The van der Waals surface area contributed by atoms with Gasteiger partial charge in [0.2, 0.25) is 5.91 Å². The van der Waals surface area contributed by atoms with Gasteiger partial charge < -0.3 is 14.8 Å². The van der Waals surface area contributed by atoms with Gasteiger partial charge in [-0.15, -0.1) is 0 Å². The third-order valence-electron chi connectivity index (χ3n) is 5.26. The van der Waals surface area contributed by atoms with E-state index in [9.17, 15) is 4.79 Å². The minimum atomic E-state index is 0.0474. The van der Waals surface area contributed by atoms with E-state index in [1.165, 1.54) is 11.1 Å². The zero-order valence-corrected chi connectivity index (χ0v) is 16.3. The lowest BCUT2D eigenvalue weighted by Gasteiger charge is -2.31. The number of ether oxygens (including phenoxy) is 2. The van der Waals surface area contributed by atoms with Gasteiger partial charge in [-0.1, -0.05) is 24.3 Å². The van der Waals surface area contributed by atoms with Crippen LogP contribution in [0.25, 0.3) is 0 Å². The molecule has 1 saturated heterocycles. The summed E-state index contributed by atoms with van der Waals surface area (Å²) in [5.41, 5.74) is 3.43. The summed E-state index contributed by atoms with van der Waals surface area (Å²) in [7, 11) is 3.19. The van der Waals surface area contributed by atoms with Crippen molar-refractivity contribution in [2.75, 3.05) is 32.6 Å². The van der Waals surface area contributed by atoms with Crippen molar-refractivity contribution in [1.29, 1.82) is 0 Å². The number of hydrogen-bond donors (Lipinski definition) is 1. The second-order valence-corrected chi connectivity index (χ2v) is 7.04. The molecule has 0 aromatic heterocycles. The number of likely N-dealkylation sites (tertiary alicyclic amines) is 1. The molecule has 5 heteroatoms. The van der Waals surface area contributed by atoms with Gasteiger partial charge in [-0.2, -0.15) is 0 Å². The van der Waals surface area contributed by atoms with E-state index in [4.69, 9.17) is 9.47 Å². The third-order valence-corrected chi connectivity index (χ3v) is 5.26. The van der Waals surface area contributed by atoms with Crippen molar-refractivity contribution in [2.24, 2.45) is 5.92 Å². The molecular formula is C22H28N2O3. The molecule has 0 spiro atoms. The number of amides is 1. The first kappa shape index (κ1) is 19.2. The minimum absolute atomic E-state index is 0.0474. The van der Waals surface area contributed by atoms with E-state index < -0.39 is 0 Å². The highest BCUT2D eigenvalue weighted by Crippen LogP contribution is 2.30. The van der Waals surface area contributed by atoms with Crippen LogP contribution in [0.5, 0.6) is 11.5 Å². The van der Waals surface area contributed by atoms with Crippen LogP contribution in [0.15, 0.2) is 42.5 Å². The van der Waals surface area contributed by atoms with Gasteiger partial charge in [0, 0.05) is 24.2 Å². The van der Waals surface area contributed by atoms with Crippen LogP contribution >= 0.6 is 0 Å². The Hall–Kier alpha value is -2.53. The summed E-state index contributed by atoms with van der Waals surface area (Å²) in [6.45, 7) is 4.99. The average molecular weight is 368 g/mol. The fraction of sp³-hybridized carbons (Fsp3) is 0.409. The van der Waals surface area contributed by atoms with Gasteiger partial charge >= 0.3 is 0 Å². The summed E-state index contributed by atoms with van der Waals surface area (Å²) < 4.78 is 10.5. The number of nitrogens with one attached hydrogen (secondary N) is 1. The van der Waals surface area contributed by atoms with E-state index in [0.717, 1.165) is 38.2 Å². The van der Waals surface area contributed by atoms with Crippen LogP contribution in [0.3, 0.4) is 0 Å². The summed E-state index contributed by atoms with van der Waals surface area (Å²) in [5.74, 6) is 1.40. The molecule has 0 radical (unpaired) electrons. The standard InChI is InChI=1S/C22H28N2O3/c1-16-6-4-5-7-18(16)15-24-12-10-17(11-13-24)22(25)23-19-8-9-20(26-2)21(14-19)27-3/h4-9,14,17H,10-13,15H2,1-3H3,(H,23,25). The molecule has 2 aromatic rings. The molecule has 1 aliphatic heterocycles. The SMILES string of the molecule is COc1ccc(NC(=O)C2CCN(Cc3ccccc3C)CC2)cc1OC. The zero-order chi connectivity index (χ0) is 19.2. The van der Waals surface area contributed by atoms with E-state index in [1.807, 2.05) is 6.07 Å². The van der Waals surface area contributed by atoms with Crippen LogP contribution in [-0.2, 0) is 11.3 Å². The molecule has 1 N–H and O–H groups in total. The molecule has 0 atom stereocenters. The molecule has 1 fully saturated rings. The van der Waals surface area contributed by atoms with Gasteiger partial charge in [0.1, 0.15) is 0 Å². The number of benzene rings is 2. The Labute approximate surface area is 161 Å². The lowest BCUT2D eigenvalue weighted by atomic mass is 9.95. The van der Waals surface area contributed by atoms with E-state index in [-0.39, 0.29) is 11.8 Å². The van der Waals surface area contributed by atoms with Gasteiger partial charge in [-0.3, -0.25) is 9.69 Å². The van der Waals surface area contributed by atoms with Crippen molar-refractivity contribution in [1.82, 2.24) is 4.90 Å². The summed E-state index contributed by atoms with van der Waals surface area (Å²) >= 11 is 0. The lowest BCUT2D eigenvalue weighted by Crippen LogP contribution is -2.37. The van der Waals surface area contributed by atoms with Gasteiger partial charge in [-0.25, -0.2) is 0 Å². The Morgan fingerprint density at radius 1 is 1.07 bits per heavy atom. The van der Waals surface area contributed by atoms with E-state index in [1.54, 1.807) is 26.4 Å². The predicted molar refractivity (Wildman–Crippen MR) is 107 cm³/mol. The Balaban J connectivity index is 1.53. The summed E-state index contributed by atoms with van der Waals surface area (Å²) in [4.78, 5) is 15.1. The Morgan fingerprint density at radius 2 is 1.78 bits per heavy atom. The monoisotopic (exact) mass is 368 g/mol. The second-order valence-electron chi connectivity index (χ2n) is 7.04. The van der Waals surface area contributed by atoms with Crippen molar-refractivity contribution < 1.29 is 14.3 Å². The number of aryl methyl sites for hydroxylation is 1. The maximum Gasteiger partial charge on any atom is 0.227 e. The number of piperidine rings is 1.